The van der Waals surface area contributed by atoms with Gasteiger partial charge < -0.3 is 0 Å². The molecule has 21 heavy (non-hydrogen) atoms. The van der Waals surface area contributed by atoms with Crippen LogP contribution in [0, 0.1) is 0 Å². The summed E-state index contributed by atoms with van der Waals surface area (Å²) in [5, 5.41) is 0. The Bertz CT molecular complexity index is 661. The zero-order chi connectivity index (χ0) is 14.7. The molecule has 0 aromatic heterocycles. The van der Waals surface area contributed by atoms with Crippen LogP contribution < -0.4 is 13.6 Å². The Balaban J connectivity index is 2.11. The van der Waals surface area contributed by atoms with Crippen molar-refractivity contribution >= 4 is 59.5 Å². The van der Waals surface area contributed by atoms with Gasteiger partial charge in [-0.25, -0.2) is 0 Å². The molecular weight excluding hydrogens is 380 g/mol. The van der Waals surface area contributed by atoms with Crippen molar-refractivity contribution in [1.29, 1.82) is 0 Å². The molecule has 0 saturated heterocycles. The van der Waals surface area contributed by atoms with Gasteiger partial charge in [0.2, 0.25) is 0 Å². The van der Waals surface area contributed by atoms with Crippen LogP contribution in [0.4, 0.5) is 17.1 Å². The first-order valence-electron chi connectivity index (χ1n) is 6.80. The number of hydrogen-bond acceptors (Lipinski definition) is 1. The van der Waals surface area contributed by atoms with Crippen LogP contribution in [0.15, 0.2) is 78.9 Å². The van der Waals surface area contributed by atoms with E-state index in [1.807, 2.05) is 0 Å². The molecule has 0 aliphatic heterocycles. The van der Waals surface area contributed by atoms with Gasteiger partial charge in [0.05, 0.1) is 0 Å². The van der Waals surface area contributed by atoms with E-state index in [2.05, 4.69) is 83.8 Å². The van der Waals surface area contributed by atoms with Gasteiger partial charge in [-0.15, -0.1) is 0 Å². The monoisotopic (exact) mass is 397 g/mol. The third-order valence-electron chi connectivity index (χ3n) is 3.32. The van der Waals surface area contributed by atoms with Crippen LogP contribution >= 0.6 is 0 Å². The van der Waals surface area contributed by atoms with Crippen LogP contribution in [-0.2, 0) is 0 Å². The first kappa shape index (κ1) is 14.5. The van der Waals surface area contributed by atoms with Crippen molar-refractivity contribution in [3.05, 3.63) is 78.9 Å². The molecule has 0 aliphatic rings. The molecule has 0 heterocycles. The number of rotatable bonds is 3. The zero-order valence-electron chi connectivity index (χ0n) is 11.6. The first-order chi connectivity index (χ1) is 10.2. The summed E-state index contributed by atoms with van der Waals surface area (Å²) in [5.41, 5.74) is 3.56. The topological polar surface area (TPSA) is 3.24 Å². The second kappa shape index (κ2) is 6.56. The summed E-state index contributed by atoms with van der Waals surface area (Å²) in [6, 6.07) is 28.0. The molecule has 0 amide bonds. The Kier molecular flexibility index (Phi) is 4.53. The fourth-order valence-corrected chi connectivity index (χ4v) is 3.08. The molecule has 0 aliphatic carbocycles. The molecule has 0 radical (unpaired) electrons. The van der Waals surface area contributed by atoms with E-state index >= 15 is 0 Å². The van der Waals surface area contributed by atoms with Gasteiger partial charge in [0.1, 0.15) is 0 Å². The van der Waals surface area contributed by atoms with E-state index in [-0.39, 0.29) is 0 Å². The quantitative estimate of drug-likeness (QED) is 0.608. The molecule has 0 spiro atoms. The first-order valence-corrected chi connectivity index (χ1v) is 9.22. The maximum atomic E-state index is 2.29. The number of nitrogens with zero attached hydrogens (tertiary/aromatic N) is 1. The minimum atomic E-state index is 1.18. The van der Waals surface area contributed by atoms with E-state index in [9.17, 15) is 0 Å². The van der Waals surface area contributed by atoms with Gasteiger partial charge in [-0.3, -0.25) is 0 Å². The van der Waals surface area contributed by atoms with Crippen molar-refractivity contribution in [1.82, 2.24) is 0 Å². The van der Waals surface area contributed by atoms with Gasteiger partial charge in [-0.2, -0.15) is 0 Å². The van der Waals surface area contributed by atoms with Crippen LogP contribution in [0.25, 0.3) is 0 Å². The summed E-state index contributed by atoms with van der Waals surface area (Å²) >= 11 is 3.31. The zero-order valence-corrected chi connectivity index (χ0v) is 16.5. The number of hydrogen-bond donors (Lipinski definition) is 0. The molecule has 0 N–H and O–H groups in total. The molecule has 2 atom stereocenters. The molecule has 2 unspecified atom stereocenters. The normalized spacial score (nSPS) is 10.4. The summed E-state index contributed by atoms with van der Waals surface area (Å²) in [6.07, 6.45) is 0. The van der Waals surface area contributed by atoms with Gasteiger partial charge in [-0.05, 0) is 0 Å². The Hall–Kier alpha value is -1.42. The summed E-state index contributed by atoms with van der Waals surface area (Å²) < 4.78 is 2.68. The molecule has 3 rings (SSSR count). The van der Waals surface area contributed by atoms with Crippen molar-refractivity contribution in [3.63, 3.8) is 0 Å². The van der Waals surface area contributed by atoms with Crippen LogP contribution in [0.2, 0.25) is 0 Å². The predicted octanol–water partition coefficient (Wildman–Crippen LogP) is 1.67. The molecule has 3 heteroatoms. The maximum absolute atomic E-state index is 2.29. The molecule has 104 valence electrons. The van der Waals surface area contributed by atoms with E-state index in [4.69, 9.17) is 0 Å². The summed E-state index contributed by atoms with van der Waals surface area (Å²) in [4.78, 5) is 2.29. The molecule has 3 aromatic carbocycles. The van der Waals surface area contributed by atoms with Crippen LogP contribution in [0.1, 0.15) is 0 Å². The Labute approximate surface area is 143 Å². The minimum absolute atomic E-state index is 1.18. The summed E-state index contributed by atoms with van der Waals surface area (Å²) in [7, 11) is 0. The van der Waals surface area contributed by atoms with Crippen molar-refractivity contribution in [3.8, 4) is 0 Å². The third-order valence-corrected chi connectivity index (χ3v) is 4.93. The second-order valence-electron chi connectivity index (χ2n) is 4.85. The van der Waals surface area contributed by atoms with Crippen LogP contribution in [-0.4, -0.2) is 33.7 Å². The molecule has 3 aromatic rings. The summed E-state index contributed by atoms with van der Waals surface area (Å²) in [5.74, 6) is 0. The van der Waals surface area contributed by atoms with Crippen molar-refractivity contribution in [2.75, 3.05) is 4.90 Å². The van der Waals surface area contributed by atoms with Crippen LogP contribution in [0.5, 0.6) is 0 Å². The van der Waals surface area contributed by atoms with Crippen molar-refractivity contribution < 1.29 is 0 Å². The Morgan fingerprint density at radius 2 is 0.857 bits per heavy atom. The Morgan fingerprint density at radius 1 is 0.476 bits per heavy atom. The fourth-order valence-electron chi connectivity index (χ4n) is 2.27. The van der Waals surface area contributed by atoms with Gasteiger partial charge in [0.25, 0.3) is 0 Å². The molecule has 0 saturated carbocycles. The standard InChI is InChI=1S/C18H17As2N/c19-14-6-10-17(11-7-14)21(16-4-2-1-3-5-16)18-12-8-15(20)9-13-18/h1-13H,19-20H2. The van der Waals surface area contributed by atoms with E-state index in [1.165, 1.54) is 25.8 Å². The fraction of sp³-hybridized carbons (Fsp3) is 0. The summed E-state index contributed by atoms with van der Waals surface area (Å²) in [6.45, 7) is 0. The molecular formula is C18H17As2N. The second-order valence-corrected chi connectivity index (χ2v) is 7.65. The van der Waals surface area contributed by atoms with Gasteiger partial charge in [-0.1, -0.05) is 0 Å². The third kappa shape index (κ3) is 3.43. The number of anilines is 3. The van der Waals surface area contributed by atoms with E-state index < -0.39 is 0 Å². The molecule has 0 fully saturated rings. The van der Waals surface area contributed by atoms with Gasteiger partial charge >= 0.3 is 143 Å². The van der Waals surface area contributed by atoms with Gasteiger partial charge in [0, 0.05) is 0 Å². The van der Waals surface area contributed by atoms with E-state index in [1.54, 1.807) is 33.7 Å². The van der Waals surface area contributed by atoms with E-state index in [0.717, 1.165) is 0 Å². The molecule has 0 bridgehead atoms. The SMILES string of the molecule is [AsH2]c1ccc(N(c2ccccc2)c2ccc([AsH2])cc2)cc1. The van der Waals surface area contributed by atoms with E-state index in [0.29, 0.717) is 0 Å². The van der Waals surface area contributed by atoms with Crippen LogP contribution in [0.3, 0.4) is 0 Å². The number of para-hydroxylation sites is 1. The average molecular weight is 397 g/mol. The number of benzene rings is 3. The Morgan fingerprint density at radius 3 is 1.29 bits per heavy atom. The average Bonchev–Trinajstić information content (AvgIpc) is 2.52. The van der Waals surface area contributed by atoms with Gasteiger partial charge in [0.15, 0.2) is 0 Å². The predicted molar refractivity (Wildman–Crippen MR) is 97.5 cm³/mol. The van der Waals surface area contributed by atoms with Crippen molar-refractivity contribution in [2.24, 2.45) is 0 Å². The molecule has 1 nitrogen and oxygen atoms in total. The van der Waals surface area contributed by atoms with Crippen molar-refractivity contribution in [2.45, 2.75) is 0 Å².